The summed E-state index contributed by atoms with van der Waals surface area (Å²) in [5.41, 5.74) is 12.2. The van der Waals surface area contributed by atoms with Gasteiger partial charge in [-0.2, -0.15) is 5.48 Å². The van der Waals surface area contributed by atoms with Crippen LogP contribution in [-0.4, -0.2) is 45.8 Å². The van der Waals surface area contributed by atoms with Gasteiger partial charge in [0.2, 0.25) is 0 Å². The Hall–Kier alpha value is -1.19. The number of nitrogens with one attached hydrogen (secondary N) is 1. The highest BCUT2D eigenvalue weighted by molar-refractivity contribution is 7.51. The first-order valence-corrected chi connectivity index (χ1v) is 6.72. The van der Waals surface area contributed by atoms with E-state index in [1.807, 2.05) is 0 Å². The summed E-state index contributed by atoms with van der Waals surface area (Å²) in [6, 6.07) is -1.09. The summed E-state index contributed by atoms with van der Waals surface area (Å²) in [4.78, 5) is 35.8. The highest BCUT2D eigenvalue weighted by atomic mass is 31.2. The van der Waals surface area contributed by atoms with Crippen molar-refractivity contribution in [2.24, 2.45) is 16.5 Å². The first-order valence-electron chi connectivity index (χ1n) is 4.92. The Morgan fingerprint density at radius 1 is 1.44 bits per heavy atom. The average Bonchev–Trinajstić information content (AvgIpc) is 2.19. The van der Waals surface area contributed by atoms with Gasteiger partial charge in [0.1, 0.15) is 6.04 Å². The van der Waals surface area contributed by atoms with Crippen molar-refractivity contribution in [2.45, 2.75) is 18.9 Å². The van der Waals surface area contributed by atoms with E-state index in [0.717, 1.165) is 0 Å². The second-order valence-electron chi connectivity index (χ2n) is 3.40. The zero-order chi connectivity index (χ0) is 14.2. The number of aliphatic carboxylic acids is 1. The molecule has 0 rings (SSSR count). The third kappa shape index (κ3) is 10.00. The zero-order valence-electron chi connectivity index (χ0n) is 9.52. The number of carbonyl (C=O) groups is 1. The number of hydroxylamine groups is 1. The van der Waals surface area contributed by atoms with E-state index in [9.17, 15) is 9.36 Å². The van der Waals surface area contributed by atoms with Crippen LogP contribution in [0.15, 0.2) is 4.99 Å². The summed E-state index contributed by atoms with van der Waals surface area (Å²) in [7, 11) is -4.33. The van der Waals surface area contributed by atoms with Crippen LogP contribution >= 0.6 is 7.60 Å². The van der Waals surface area contributed by atoms with Gasteiger partial charge in [0.15, 0.2) is 12.3 Å². The molecule has 0 aromatic heterocycles. The maximum Gasteiger partial charge on any atom is 0.353 e. The van der Waals surface area contributed by atoms with Crippen molar-refractivity contribution < 1.29 is 29.1 Å². The van der Waals surface area contributed by atoms with Crippen molar-refractivity contribution in [3.8, 4) is 0 Å². The van der Waals surface area contributed by atoms with Gasteiger partial charge >= 0.3 is 13.6 Å². The van der Waals surface area contributed by atoms with Gasteiger partial charge in [-0.3, -0.25) is 19.2 Å². The summed E-state index contributed by atoms with van der Waals surface area (Å²) >= 11 is 0. The van der Waals surface area contributed by atoms with Crippen molar-refractivity contribution in [3.05, 3.63) is 0 Å². The molecule has 0 aromatic carbocycles. The number of hydrogen-bond donors (Lipinski definition) is 6. The number of rotatable bonds is 9. The lowest BCUT2D eigenvalue weighted by atomic mass is 10.2. The average molecular weight is 284 g/mol. The lowest BCUT2D eigenvalue weighted by Gasteiger charge is -2.14. The third-order valence-electron chi connectivity index (χ3n) is 1.70. The van der Waals surface area contributed by atoms with Crippen molar-refractivity contribution >= 4 is 19.5 Å². The van der Waals surface area contributed by atoms with Crippen LogP contribution in [0.1, 0.15) is 12.8 Å². The summed E-state index contributed by atoms with van der Waals surface area (Å²) in [6.07, 6.45) is -0.376. The highest BCUT2D eigenvalue weighted by Gasteiger charge is 2.19. The Bertz CT molecular complexity index is 339. The van der Waals surface area contributed by atoms with Crippen LogP contribution in [-0.2, 0) is 14.2 Å². The number of guanidine groups is 1. The molecule has 0 aromatic rings. The van der Waals surface area contributed by atoms with E-state index in [-0.39, 0.29) is 18.9 Å². The predicted molar refractivity (Wildman–Crippen MR) is 62.5 cm³/mol. The molecule has 0 aliphatic heterocycles. The van der Waals surface area contributed by atoms with Gasteiger partial charge in [-0.05, 0) is 12.8 Å². The van der Waals surface area contributed by atoms with E-state index in [1.165, 1.54) is 0 Å². The van der Waals surface area contributed by atoms with Gasteiger partial charge in [0.25, 0.3) is 0 Å². The molecule has 0 aliphatic rings. The molecule has 10 nitrogen and oxygen atoms in total. The van der Waals surface area contributed by atoms with E-state index >= 15 is 0 Å². The molecular formula is C7H17N4O6P. The van der Waals surface area contributed by atoms with Crippen LogP contribution in [0.4, 0.5) is 0 Å². The Morgan fingerprint density at radius 2 is 2.06 bits per heavy atom. The van der Waals surface area contributed by atoms with Gasteiger partial charge in [0, 0.05) is 6.54 Å². The van der Waals surface area contributed by atoms with Gasteiger partial charge in [-0.25, -0.2) is 0 Å². The first kappa shape index (κ1) is 16.8. The number of carboxylic acid groups (broad SMARTS) is 1. The number of carboxylic acids is 1. The van der Waals surface area contributed by atoms with E-state index in [1.54, 1.807) is 0 Å². The molecule has 0 amide bonds. The second kappa shape index (κ2) is 8.01. The molecule has 106 valence electrons. The Balaban J connectivity index is 3.97. The summed E-state index contributed by atoms with van der Waals surface area (Å²) < 4.78 is 10.5. The molecule has 0 bridgehead atoms. The summed E-state index contributed by atoms with van der Waals surface area (Å²) in [5.74, 6) is -1.29. The summed E-state index contributed by atoms with van der Waals surface area (Å²) in [5, 5.41) is 8.79. The van der Waals surface area contributed by atoms with Crippen LogP contribution in [0.3, 0.4) is 0 Å². The van der Waals surface area contributed by atoms with E-state index < -0.39 is 26.0 Å². The predicted octanol–water partition coefficient (Wildman–Crippen LogP) is -1.85. The molecule has 8 N–H and O–H groups in total. The molecule has 0 spiro atoms. The molecule has 0 saturated carbocycles. The molecule has 0 fully saturated rings. The zero-order valence-corrected chi connectivity index (χ0v) is 10.4. The number of nitrogens with two attached hydrogens (primary N) is 2. The largest absolute Gasteiger partial charge is 0.480 e. The second-order valence-corrected chi connectivity index (χ2v) is 4.98. The van der Waals surface area contributed by atoms with E-state index in [2.05, 4.69) is 15.3 Å². The lowest BCUT2D eigenvalue weighted by molar-refractivity contribution is -0.143. The van der Waals surface area contributed by atoms with E-state index in [4.69, 9.17) is 26.4 Å². The van der Waals surface area contributed by atoms with Crippen molar-refractivity contribution in [3.63, 3.8) is 0 Å². The monoisotopic (exact) mass is 284 g/mol. The molecule has 0 saturated heterocycles. The fourth-order valence-electron chi connectivity index (χ4n) is 0.958. The van der Waals surface area contributed by atoms with Crippen LogP contribution in [0.25, 0.3) is 0 Å². The highest BCUT2D eigenvalue weighted by Crippen LogP contribution is 2.33. The van der Waals surface area contributed by atoms with Crippen molar-refractivity contribution in [1.29, 1.82) is 0 Å². The standard InChI is InChI=1S/C7H17N4O6P/c8-7(9)10-3-1-2-5(6(12)13)11-17-4-18(14,15)16/h5,11H,1-4H2,(H,12,13)(H4,8,9,10)(H2,14,15,16)/t5-/m0/s1. The lowest BCUT2D eigenvalue weighted by Crippen LogP contribution is -2.37. The minimum atomic E-state index is -4.33. The summed E-state index contributed by atoms with van der Waals surface area (Å²) in [6.45, 7) is 0.256. The molecule has 0 aliphatic carbocycles. The van der Waals surface area contributed by atoms with Gasteiger partial charge in [0.05, 0.1) is 0 Å². The molecule has 0 heterocycles. The fourth-order valence-corrected chi connectivity index (χ4v) is 1.20. The Morgan fingerprint density at radius 3 is 2.50 bits per heavy atom. The van der Waals surface area contributed by atoms with Crippen molar-refractivity contribution in [1.82, 2.24) is 5.48 Å². The van der Waals surface area contributed by atoms with Crippen molar-refractivity contribution in [2.75, 3.05) is 12.9 Å². The number of nitrogens with zero attached hydrogens (tertiary/aromatic N) is 1. The smallest absolute Gasteiger partial charge is 0.353 e. The van der Waals surface area contributed by atoms with Crippen LogP contribution in [0.2, 0.25) is 0 Å². The van der Waals surface area contributed by atoms with Gasteiger partial charge in [-0.1, -0.05) is 0 Å². The topological polar surface area (TPSA) is 180 Å². The van der Waals surface area contributed by atoms with Crippen LogP contribution in [0, 0.1) is 0 Å². The molecule has 0 unspecified atom stereocenters. The SMILES string of the molecule is NC(N)=NCCC[C@H](NOCP(=O)(O)O)C(=O)O. The van der Waals surface area contributed by atoms with Crippen LogP contribution in [0.5, 0.6) is 0 Å². The third-order valence-corrected chi connectivity index (χ3v) is 2.17. The maximum absolute atomic E-state index is 10.8. The Kier molecular flexibility index (Phi) is 7.48. The molecule has 1 atom stereocenters. The number of hydrogen-bond acceptors (Lipinski definition) is 5. The van der Waals surface area contributed by atoms with Crippen LogP contribution < -0.4 is 16.9 Å². The minimum Gasteiger partial charge on any atom is -0.480 e. The maximum atomic E-state index is 10.8. The van der Waals surface area contributed by atoms with Gasteiger partial charge in [-0.15, -0.1) is 0 Å². The molecular weight excluding hydrogens is 267 g/mol. The normalized spacial score (nSPS) is 13.0. The molecule has 0 radical (unpaired) electrons. The minimum absolute atomic E-state index is 0.0902. The first-order chi connectivity index (χ1) is 8.22. The quantitative estimate of drug-likeness (QED) is 0.0930. The van der Waals surface area contributed by atoms with E-state index in [0.29, 0.717) is 6.42 Å². The molecule has 18 heavy (non-hydrogen) atoms. The molecule has 11 heteroatoms. The van der Waals surface area contributed by atoms with Gasteiger partial charge < -0.3 is 26.4 Å². The fraction of sp³-hybridized carbons (Fsp3) is 0.714. The number of aliphatic imine (C=N–C) groups is 1. The Labute approximate surface area is 103 Å².